The molecule has 6 rings (SSSR count). The predicted molar refractivity (Wildman–Crippen MR) is 132 cm³/mol. The highest BCUT2D eigenvalue weighted by Gasteiger charge is 1.98. The number of imidazole rings is 1. The monoisotopic (exact) mass is 416 g/mol. The lowest BCUT2D eigenvalue weighted by atomic mass is 10.2. The summed E-state index contributed by atoms with van der Waals surface area (Å²) in [4.78, 5) is 15.8. The number of aromatic amines is 1. The van der Waals surface area contributed by atoms with Crippen LogP contribution in [0.5, 0.6) is 0 Å². The van der Waals surface area contributed by atoms with Crippen LogP contribution >= 0.6 is 0 Å². The van der Waals surface area contributed by atoms with E-state index in [9.17, 15) is 0 Å². The summed E-state index contributed by atoms with van der Waals surface area (Å²) in [5.41, 5.74) is 4.34. The van der Waals surface area contributed by atoms with Crippen LogP contribution in [0.2, 0.25) is 0 Å². The normalized spacial score (nSPS) is 10.0. The zero-order valence-electron chi connectivity index (χ0n) is 17.9. The van der Waals surface area contributed by atoms with Crippen LogP contribution in [0.15, 0.2) is 122 Å². The molecular weight excluding hydrogens is 392 g/mol. The molecule has 0 spiro atoms. The molecule has 32 heavy (non-hydrogen) atoms. The van der Waals surface area contributed by atoms with Gasteiger partial charge in [0.15, 0.2) is 0 Å². The summed E-state index contributed by atoms with van der Waals surface area (Å²) in [7, 11) is 0. The first-order valence-corrected chi connectivity index (χ1v) is 10.5. The Bertz CT molecular complexity index is 1190. The van der Waals surface area contributed by atoms with E-state index in [-0.39, 0.29) is 0 Å². The zero-order valence-corrected chi connectivity index (χ0v) is 17.9. The first-order valence-electron chi connectivity index (χ1n) is 10.5. The summed E-state index contributed by atoms with van der Waals surface area (Å²) in [6.07, 6.45) is 5.45. The van der Waals surface area contributed by atoms with Crippen LogP contribution < -0.4 is 0 Å². The highest BCUT2D eigenvalue weighted by molar-refractivity contribution is 5.78. The van der Waals surface area contributed by atoms with Crippen molar-refractivity contribution in [3.05, 3.63) is 127 Å². The van der Waals surface area contributed by atoms with Crippen molar-refractivity contribution in [2.24, 2.45) is 0 Å². The molecule has 0 aliphatic carbocycles. The number of aryl methyl sites for hydroxylation is 1. The molecular formula is C28H24N4. The molecule has 0 aliphatic rings. The van der Waals surface area contributed by atoms with Gasteiger partial charge in [-0.05, 0) is 31.2 Å². The number of H-pyrrole nitrogens is 1. The minimum absolute atomic E-state index is 0.938. The number of rotatable bonds is 1. The maximum absolute atomic E-state index is 4.23. The molecule has 0 aliphatic heterocycles. The predicted octanol–water partition coefficient (Wildman–Crippen LogP) is 6.85. The third-order valence-corrected chi connectivity index (χ3v) is 4.77. The molecule has 0 fully saturated rings. The molecule has 0 saturated carbocycles. The molecule has 3 heterocycles. The Labute approximate surface area is 187 Å². The molecule has 0 unspecified atom stereocenters. The zero-order chi connectivity index (χ0) is 22.0. The number of benzene rings is 3. The maximum Gasteiger partial charge on any atom is 0.137 e. The smallest absolute Gasteiger partial charge is 0.137 e. The second-order valence-corrected chi connectivity index (χ2v) is 7.17. The van der Waals surface area contributed by atoms with E-state index in [0.29, 0.717) is 0 Å². The van der Waals surface area contributed by atoms with Gasteiger partial charge in [-0.3, -0.25) is 9.97 Å². The fourth-order valence-electron chi connectivity index (χ4n) is 3.19. The number of hydrogen-bond acceptors (Lipinski definition) is 3. The van der Waals surface area contributed by atoms with Crippen LogP contribution in [0, 0.1) is 6.92 Å². The Balaban J connectivity index is 0.000000115. The van der Waals surface area contributed by atoms with Gasteiger partial charge in [-0.25, -0.2) is 4.98 Å². The van der Waals surface area contributed by atoms with Crippen molar-refractivity contribution in [2.45, 2.75) is 6.92 Å². The van der Waals surface area contributed by atoms with Gasteiger partial charge in [0, 0.05) is 40.6 Å². The first kappa shape index (κ1) is 20.9. The van der Waals surface area contributed by atoms with Gasteiger partial charge < -0.3 is 4.98 Å². The number of nitrogens with one attached hydrogen (secondary N) is 1. The third kappa shape index (κ3) is 5.64. The van der Waals surface area contributed by atoms with Gasteiger partial charge in [0.2, 0.25) is 0 Å². The SMILES string of the molecule is Cc1cnc(-c2ccccc2)[nH]1.c1ccc2ncccc2c1.c1ccc2ncccc2c1. The molecule has 4 nitrogen and oxygen atoms in total. The van der Waals surface area contributed by atoms with Crippen LogP contribution in [0.25, 0.3) is 33.2 Å². The van der Waals surface area contributed by atoms with Gasteiger partial charge in [-0.2, -0.15) is 0 Å². The highest BCUT2D eigenvalue weighted by Crippen LogP contribution is 2.14. The molecule has 0 bridgehead atoms. The lowest BCUT2D eigenvalue weighted by Crippen LogP contribution is -1.78. The number of fused-ring (bicyclic) bond motifs is 2. The quantitative estimate of drug-likeness (QED) is 0.319. The average Bonchev–Trinajstić information content (AvgIpc) is 3.32. The molecule has 3 aromatic heterocycles. The van der Waals surface area contributed by atoms with Gasteiger partial charge in [-0.15, -0.1) is 0 Å². The molecule has 0 amide bonds. The van der Waals surface area contributed by atoms with Crippen molar-refractivity contribution in [3.63, 3.8) is 0 Å². The summed E-state index contributed by atoms with van der Waals surface area (Å²) in [6, 6.07) is 34.3. The largest absolute Gasteiger partial charge is 0.342 e. The second kappa shape index (κ2) is 10.6. The standard InChI is InChI=1S/C10H10N2.2C9H7N/c1-8-7-11-10(12-8)9-5-3-2-4-6-9;2*1-2-6-9-8(4-1)5-3-7-10-9/h2-7H,1H3,(H,11,12);2*1-7H. The molecule has 1 N–H and O–H groups in total. The van der Waals surface area contributed by atoms with Crippen molar-refractivity contribution in [2.75, 3.05) is 0 Å². The van der Waals surface area contributed by atoms with E-state index in [2.05, 4.69) is 44.2 Å². The minimum atomic E-state index is 0.938. The molecule has 0 radical (unpaired) electrons. The average molecular weight is 417 g/mol. The summed E-state index contributed by atoms with van der Waals surface area (Å²) in [6.45, 7) is 2.00. The Morgan fingerprint density at radius 2 is 1.03 bits per heavy atom. The van der Waals surface area contributed by atoms with E-state index >= 15 is 0 Å². The molecule has 4 heteroatoms. The summed E-state index contributed by atoms with van der Waals surface area (Å²) in [5.74, 6) is 0.938. The number of aromatic nitrogens is 4. The van der Waals surface area contributed by atoms with E-state index in [1.54, 1.807) is 0 Å². The van der Waals surface area contributed by atoms with Gasteiger partial charge in [0.25, 0.3) is 0 Å². The maximum atomic E-state index is 4.23. The fraction of sp³-hybridized carbons (Fsp3) is 0.0357. The van der Waals surface area contributed by atoms with Crippen molar-refractivity contribution < 1.29 is 0 Å². The van der Waals surface area contributed by atoms with Crippen molar-refractivity contribution in [1.82, 2.24) is 19.9 Å². The third-order valence-electron chi connectivity index (χ3n) is 4.77. The summed E-state index contributed by atoms with van der Waals surface area (Å²) >= 11 is 0. The lowest BCUT2D eigenvalue weighted by Gasteiger charge is -1.93. The van der Waals surface area contributed by atoms with Crippen molar-refractivity contribution >= 4 is 21.8 Å². The van der Waals surface area contributed by atoms with Gasteiger partial charge in [0.05, 0.1) is 11.0 Å². The van der Waals surface area contributed by atoms with E-state index in [0.717, 1.165) is 28.1 Å². The number of hydrogen-bond donors (Lipinski definition) is 1. The summed E-state index contributed by atoms with van der Waals surface area (Å²) < 4.78 is 0. The Morgan fingerprint density at radius 1 is 0.531 bits per heavy atom. The Morgan fingerprint density at radius 3 is 1.53 bits per heavy atom. The van der Waals surface area contributed by atoms with Crippen molar-refractivity contribution in [3.8, 4) is 11.4 Å². The van der Waals surface area contributed by atoms with E-state index in [4.69, 9.17) is 0 Å². The number of para-hydroxylation sites is 2. The summed E-state index contributed by atoms with van der Waals surface area (Å²) in [5, 5.41) is 2.40. The van der Waals surface area contributed by atoms with E-state index in [1.165, 1.54) is 10.8 Å². The van der Waals surface area contributed by atoms with Gasteiger partial charge in [-0.1, -0.05) is 78.9 Å². The fourth-order valence-corrected chi connectivity index (χ4v) is 3.19. The van der Waals surface area contributed by atoms with E-state index < -0.39 is 0 Å². The minimum Gasteiger partial charge on any atom is -0.342 e. The van der Waals surface area contributed by atoms with Crippen LogP contribution in [0.3, 0.4) is 0 Å². The molecule has 6 aromatic rings. The van der Waals surface area contributed by atoms with Crippen LogP contribution in [-0.2, 0) is 0 Å². The molecule has 156 valence electrons. The molecule has 0 atom stereocenters. The first-order chi connectivity index (χ1) is 15.8. The molecule has 3 aromatic carbocycles. The number of nitrogens with zero attached hydrogens (tertiary/aromatic N) is 3. The van der Waals surface area contributed by atoms with Crippen molar-refractivity contribution in [1.29, 1.82) is 0 Å². The van der Waals surface area contributed by atoms with Gasteiger partial charge >= 0.3 is 0 Å². The van der Waals surface area contributed by atoms with E-state index in [1.807, 2.05) is 104 Å². The number of pyridine rings is 2. The topological polar surface area (TPSA) is 54.5 Å². The Kier molecular flexibility index (Phi) is 6.96. The van der Waals surface area contributed by atoms with Crippen LogP contribution in [0.4, 0.5) is 0 Å². The second-order valence-electron chi connectivity index (χ2n) is 7.17. The molecule has 0 saturated heterocycles. The van der Waals surface area contributed by atoms with Crippen LogP contribution in [0.1, 0.15) is 5.69 Å². The highest BCUT2D eigenvalue weighted by atomic mass is 14.9. The van der Waals surface area contributed by atoms with Crippen LogP contribution in [-0.4, -0.2) is 19.9 Å². The lowest BCUT2D eigenvalue weighted by molar-refractivity contribution is 1.26. The Hall–Kier alpha value is -4.31. The van der Waals surface area contributed by atoms with Gasteiger partial charge in [0.1, 0.15) is 5.82 Å².